The van der Waals surface area contributed by atoms with E-state index in [2.05, 4.69) is 18.8 Å². The number of carbonyl (C=O) groups excluding carboxylic acids is 1. The highest BCUT2D eigenvalue weighted by atomic mass is 16.5. The molecule has 0 unspecified atom stereocenters. The SMILES string of the molecule is Cc1ccc(C(C)C)c(Oc2nc3c(C)cccn3c(=O)c2C=O)c1. The molecule has 0 spiro atoms. The molecule has 0 N–H and O–H groups in total. The van der Waals surface area contributed by atoms with Crippen molar-refractivity contribution in [3.63, 3.8) is 0 Å². The molecule has 0 aliphatic heterocycles. The first-order valence-corrected chi connectivity index (χ1v) is 8.18. The summed E-state index contributed by atoms with van der Waals surface area (Å²) in [5, 5.41) is 0. The lowest BCUT2D eigenvalue weighted by molar-refractivity contribution is 0.111. The summed E-state index contributed by atoms with van der Waals surface area (Å²) in [6.07, 6.45) is 2.10. The van der Waals surface area contributed by atoms with E-state index in [1.807, 2.05) is 38.1 Å². The molecule has 5 heteroatoms. The zero-order chi connectivity index (χ0) is 18.1. The molecule has 3 aromatic rings. The van der Waals surface area contributed by atoms with E-state index in [1.54, 1.807) is 12.3 Å². The molecule has 25 heavy (non-hydrogen) atoms. The first kappa shape index (κ1) is 16.9. The van der Waals surface area contributed by atoms with Crippen LogP contribution in [0.4, 0.5) is 0 Å². The zero-order valence-electron chi connectivity index (χ0n) is 14.7. The van der Waals surface area contributed by atoms with Gasteiger partial charge >= 0.3 is 0 Å². The van der Waals surface area contributed by atoms with Crippen molar-refractivity contribution in [2.45, 2.75) is 33.6 Å². The summed E-state index contributed by atoms with van der Waals surface area (Å²) in [6.45, 7) is 7.94. The molecule has 0 radical (unpaired) electrons. The smallest absolute Gasteiger partial charge is 0.272 e. The molecule has 2 aromatic heterocycles. The molecule has 2 heterocycles. The second kappa shape index (κ2) is 6.51. The van der Waals surface area contributed by atoms with Gasteiger partial charge in [-0.3, -0.25) is 14.0 Å². The average Bonchev–Trinajstić information content (AvgIpc) is 2.56. The Hall–Kier alpha value is -2.95. The highest BCUT2D eigenvalue weighted by Gasteiger charge is 2.17. The molecule has 0 bridgehead atoms. The monoisotopic (exact) mass is 336 g/mol. The Morgan fingerprint density at radius 2 is 1.96 bits per heavy atom. The van der Waals surface area contributed by atoms with Crippen molar-refractivity contribution < 1.29 is 9.53 Å². The van der Waals surface area contributed by atoms with Gasteiger partial charge in [0.25, 0.3) is 5.56 Å². The van der Waals surface area contributed by atoms with Crippen molar-refractivity contribution >= 4 is 11.9 Å². The van der Waals surface area contributed by atoms with Gasteiger partial charge in [0, 0.05) is 6.20 Å². The molecular formula is C20H20N2O3. The number of hydrogen-bond donors (Lipinski definition) is 0. The van der Waals surface area contributed by atoms with Crippen LogP contribution in [0.2, 0.25) is 0 Å². The van der Waals surface area contributed by atoms with Crippen molar-refractivity contribution in [1.82, 2.24) is 9.38 Å². The Kier molecular flexibility index (Phi) is 4.40. The first-order valence-electron chi connectivity index (χ1n) is 8.18. The van der Waals surface area contributed by atoms with E-state index in [9.17, 15) is 9.59 Å². The third-order valence-corrected chi connectivity index (χ3v) is 4.16. The summed E-state index contributed by atoms with van der Waals surface area (Å²) in [4.78, 5) is 28.6. The normalized spacial score (nSPS) is 11.1. The summed E-state index contributed by atoms with van der Waals surface area (Å²) in [5.41, 5.74) is 2.81. The number of carbonyl (C=O) groups is 1. The number of ether oxygens (including phenoxy) is 1. The maximum absolute atomic E-state index is 12.6. The van der Waals surface area contributed by atoms with Crippen LogP contribution in [0.25, 0.3) is 5.65 Å². The number of rotatable bonds is 4. The van der Waals surface area contributed by atoms with Crippen LogP contribution in [0.15, 0.2) is 41.3 Å². The number of aldehydes is 1. The molecule has 0 fully saturated rings. The lowest BCUT2D eigenvalue weighted by atomic mass is 10.0. The Morgan fingerprint density at radius 3 is 2.64 bits per heavy atom. The maximum Gasteiger partial charge on any atom is 0.272 e. The number of aryl methyl sites for hydroxylation is 2. The predicted molar refractivity (Wildman–Crippen MR) is 96.9 cm³/mol. The van der Waals surface area contributed by atoms with Gasteiger partial charge in [0.1, 0.15) is 17.0 Å². The molecule has 0 saturated carbocycles. The Morgan fingerprint density at radius 1 is 1.20 bits per heavy atom. The van der Waals surface area contributed by atoms with Crippen molar-refractivity contribution in [2.24, 2.45) is 0 Å². The molecule has 0 aliphatic carbocycles. The van der Waals surface area contributed by atoms with E-state index in [4.69, 9.17) is 4.74 Å². The highest BCUT2D eigenvalue weighted by molar-refractivity contribution is 5.78. The van der Waals surface area contributed by atoms with E-state index in [0.29, 0.717) is 17.7 Å². The van der Waals surface area contributed by atoms with Crippen LogP contribution in [0.3, 0.4) is 0 Å². The number of nitrogens with zero attached hydrogens (tertiary/aromatic N) is 2. The number of aromatic nitrogens is 2. The predicted octanol–water partition coefficient (Wildman–Crippen LogP) is 4.04. The largest absolute Gasteiger partial charge is 0.438 e. The van der Waals surface area contributed by atoms with Crippen LogP contribution >= 0.6 is 0 Å². The summed E-state index contributed by atoms with van der Waals surface area (Å²) in [7, 11) is 0. The third kappa shape index (κ3) is 3.05. The molecular weight excluding hydrogens is 316 g/mol. The standard InChI is InChI=1S/C20H20N2O3/c1-12(2)15-8-7-13(3)10-17(15)25-19-16(11-23)20(24)22-9-5-6-14(4)18(22)21-19/h5-12H,1-4H3. The molecule has 0 amide bonds. The van der Waals surface area contributed by atoms with Gasteiger partial charge in [-0.05, 0) is 48.6 Å². The van der Waals surface area contributed by atoms with Gasteiger partial charge in [-0.2, -0.15) is 4.98 Å². The number of fused-ring (bicyclic) bond motifs is 1. The fourth-order valence-corrected chi connectivity index (χ4v) is 2.78. The second-order valence-corrected chi connectivity index (χ2v) is 6.44. The van der Waals surface area contributed by atoms with Crippen molar-refractivity contribution in [3.8, 4) is 11.6 Å². The first-order chi connectivity index (χ1) is 11.9. The summed E-state index contributed by atoms with van der Waals surface area (Å²) in [6, 6.07) is 9.51. The van der Waals surface area contributed by atoms with Crippen LogP contribution in [0, 0.1) is 13.8 Å². The number of hydrogen-bond acceptors (Lipinski definition) is 4. The quantitative estimate of drug-likeness (QED) is 0.675. The lowest BCUT2D eigenvalue weighted by Gasteiger charge is -2.15. The van der Waals surface area contributed by atoms with Crippen LogP contribution in [-0.4, -0.2) is 15.7 Å². The Labute approximate surface area is 145 Å². The third-order valence-electron chi connectivity index (χ3n) is 4.16. The van der Waals surface area contributed by atoms with E-state index in [1.165, 1.54) is 4.40 Å². The summed E-state index contributed by atoms with van der Waals surface area (Å²) >= 11 is 0. The van der Waals surface area contributed by atoms with E-state index < -0.39 is 5.56 Å². The topological polar surface area (TPSA) is 60.7 Å². The van der Waals surface area contributed by atoms with Gasteiger partial charge < -0.3 is 4.74 Å². The highest BCUT2D eigenvalue weighted by Crippen LogP contribution is 2.31. The van der Waals surface area contributed by atoms with Crippen molar-refractivity contribution in [1.29, 1.82) is 0 Å². The van der Waals surface area contributed by atoms with Crippen LogP contribution in [-0.2, 0) is 0 Å². The van der Waals surface area contributed by atoms with Crippen molar-refractivity contribution in [3.05, 3.63) is 69.1 Å². The lowest BCUT2D eigenvalue weighted by Crippen LogP contribution is -2.21. The van der Waals surface area contributed by atoms with E-state index in [-0.39, 0.29) is 17.4 Å². The fraction of sp³-hybridized carbons (Fsp3) is 0.250. The summed E-state index contributed by atoms with van der Waals surface area (Å²) in [5.74, 6) is 0.892. The average molecular weight is 336 g/mol. The fourth-order valence-electron chi connectivity index (χ4n) is 2.78. The molecule has 0 aliphatic rings. The van der Waals surface area contributed by atoms with Crippen molar-refractivity contribution in [2.75, 3.05) is 0 Å². The Balaban J connectivity index is 2.23. The molecule has 0 atom stereocenters. The maximum atomic E-state index is 12.6. The molecule has 3 rings (SSSR count). The minimum absolute atomic E-state index is 0.0433. The van der Waals surface area contributed by atoms with E-state index in [0.717, 1.165) is 16.7 Å². The second-order valence-electron chi connectivity index (χ2n) is 6.44. The molecule has 128 valence electrons. The van der Waals surface area contributed by atoms with Gasteiger partial charge in [0.15, 0.2) is 6.29 Å². The van der Waals surface area contributed by atoms with Gasteiger partial charge in [0.05, 0.1) is 0 Å². The molecule has 1 aromatic carbocycles. The van der Waals surface area contributed by atoms with E-state index >= 15 is 0 Å². The Bertz CT molecular complexity index is 1020. The number of benzene rings is 1. The van der Waals surface area contributed by atoms with Crippen LogP contribution < -0.4 is 10.3 Å². The van der Waals surface area contributed by atoms with Gasteiger partial charge in [-0.15, -0.1) is 0 Å². The van der Waals surface area contributed by atoms with Gasteiger partial charge in [-0.25, -0.2) is 0 Å². The zero-order valence-corrected chi connectivity index (χ0v) is 14.7. The molecule has 0 saturated heterocycles. The van der Waals surface area contributed by atoms with Gasteiger partial charge in [0.2, 0.25) is 5.88 Å². The molecule has 5 nitrogen and oxygen atoms in total. The van der Waals surface area contributed by atoms with Gasteiger partial charge in [-0.1, -0.05) is 32.0 Å². The summed E-state index contributed by atoms with van der Waals surface area (Å²) < 4.78 is 7.33. The van der Waals surface area contributed by atoms with Crippen LogP contribution in [0.1, 0.15) is 46.8 Å². The minimum atomic E-state index is -0.433. The van der Waals surface area contributed by atoms with Crippen LogP contribution in [0.5, 0.6) is 11.6 Å². The minimum Gasteiger partial charge on any atom is -0.438 e. The number of pyridine rings is 1.